The number of carbonyl (C=O) groups is 4. The van der Waals surface area contributed by atoms with Crippen molar-refractivity contribution in [2.75, 3.05) is 178 Å². The molecule has 0 unspecified atom stereocenters. The number of hydrogen-bond acceptors (Lipinski definition) is 18. The Morgan fingerprint density at radius 2 is 0.703 bits per heavy atom. The van der Waals surface area contributed by atoms with Crippen LogP contribution < -0.4 is 27.0 Å². The maximum atomic E-state index is 13.4. The van der Waals surface area contributed by atoms with Gasteiger partial charge < -0.3 is 74.4 Å². The zero-order valence-corrected chi connectivity index (χ0v) is 36.7. The van der Waals surface area contributed by atoms with E-state index in [9.17, 15) is 19.2 Å². The van der Waals surface area contributed by atoms with E-state index in [-0.39, 0.29) is 182 Å². The van der Waals surface area contributed by atoms with Crippen LogP contribution in [0.15, 0.2) is 15.3 Å². The summed E-state index contributed by atoms with van der Waals surface area (Å²) in [5, 5.41) is 21.1. The molecule has 0 atom stereocenters. The lowest BCUT2D eigenvalue weighted by atomic mass is 10.0. The van der Waals surface area contributed by atoms with Crippen LogP contribution in [0.5, 0.6) is 0 Å². The summed E-state index contributed by atoms with van der Waals surface area (Å²) < 4.78 is 55.3. The molecule has 28 heteroatoms. The molecule has 0 spiro atoms. The molecule has 0 aromatic carbocycles. The Labute approximate surface area is 372 Å². The van der Waals surface area contributed by atoms with Crippen LogP contribution in [-0.2, 0) is 66.5 Å². The first-order valence-electron chi connectivity index (χ1n) is 20.9. The van der Waals surface area contributed by atoms with E-state index in [2.05, 4.69) is 51.3 Å². The van der Waals surface area contributed by atoms with Gasteiger partial charge in [-0.05, 0) is 16.6 Å². The Hall–Kier alpha value is -4.63. The van der Waals surface area contributed by atoms with Gasteiger partial charge in [-0.15, -0.1) is 0 Å². The van der Waals surface area contributed by atoms with Crippen molar-refractivity contribution in [1.82, 2.24) is 21.3 Å². The molecule has 0 aliphatic rings. The summed E-state index contributed by atoms with van der Waals surface area (Å²) in [5.74, 6) is -1.39. The minimum absolute atomic E-state index is 0.0272. The summed E-state index contributed by atoms with van der Waals surface area (Å²) in [6, 6.07) is 0. The lowest BCUT2D eigenvalue weighted by Gasteiger charge is -2.34. The van der Waals surface area contributed by atoms with E-state index < -0.39 is 11.4 Å². The highest BCUT2D eigenvalue weighted by Gasteiger charge is 2.34. The number of amides is 4. The Morgan fingerprint density at radius 1 is 0.406 bits per heavy atom. The fraction of sp³-hybridized carbons (Fsp3) is 0.889. The molecule has 0 saturated heterocycles. The van der Waals surface area contributed by atoms with Crippen molar-refractivity contribution in [3.8, 4) is 0 Å². The van der Waals surface area contributed by atoms with Gasteiger partial charge in [0, 0.05) is 86.2 Å². The molecule has 6 N–H and O–H groups in total. The molecule has 0 saturated carbocycles. The van der Waals surface area contributed by atoms with Gasteiger partial charge in [-0.3, -0.25) is 19.2 Å². The molecule has 0 aromatic heterocycles. The minimum Gasteiger partial charge on any atom is -0.379 e. The smallest absolute Gasteiger partial charge is 0.222 e. The predicted octanol–water partition coefficient (Wildman–Crippen LogP) is -0.194. The highest BCUT2D eigenvalue weighted by atomic mass is 16.6. The fourth-order valence-electron chi connectivity index (χ4n) is 4.71. The fourth-order valence-corrected chi connectivity index (χ4v) is 4.71. The zero-order valence-electron chi connectivity index (χ0n) is 36.7. The molecule has 0 radical (unpaired) electrons. The van der Waals surface area contributed by atoms with Crippen LogP contribution in [0.4, 0.5) is 0 Å². The van der Waals surface area contributed by atoms with Gasteiger partial charge in [-0.2, -0.15) is 0 Å². The number of azide groups is 3. The molecule has 28 nitrogen and oxygen atoms in total. The standard InChI is InChI=1S/C36H68N14O14/c37-5-16-56-24-26-61-28-27-60-25-23-55-12-4-35(54)47-36(29-62-13-1-32(51)41-6-17-57-20-9-44-48-38,30-63-14-2-33(52)42-7-18-58-21-10-45-49-39)31-64-15-3-34(53)43-8-19-59-22-11-46-50-40/h1-31,37H2,(H,41,51)(H,42,52)(H,43,53)(H,47,54). The van der Waals surface area contributed by atoms with Gasteiger partial charge >= 0.3 is 0 Å². The van der Waals surface area contributed by atoms with Crippen LogP contribution in [-0.4, -0.2) is 207 Å². The number of hydrogen-bond donors (Lipinski definition) is 5. The van der Waals surface area contributed by atoms with Crippen molar-refractivity contribution in [2.24, 2.45) is 21.1 Å². The average Bonchev–Trinajstić information content (AvgIpc) is 3.28. The summed E-state index contributed by atoms with van der Waals surface area (Å²) >= 11 is 0. The molecule has 0 heterocycles. The number of carbonyl (C=O) groups excluding carboxylic acids is 4. The molecule has 64 heavy (non-hydrogen) atoms. The highest BCUT2D eigenvalue weighted by molar-refractivity contribution is 5.77. The van der Waals surface area contributed by atoms with Crippen molar-refractivity contribution in [3.63, 3.8) is 0 Å². The third-order valence-corrected chi connectivity index (χ3v) is 7.71. The maximum Gasteiger partial charge on any atom is 0.222 e. The van der Waals surface area contributed by atoms with Crippen LogP contribution in [0.25, 0.3) is 31.3 Å². The Morgan fingerprint density at radius 3 is 1.05 bits per heavy atom. The highest BCUT2D eigenvalue weighted by Crippen LogP contribution is 2.11. The van der Waals surface area contributed by atoms with Gasteiger partial charge in [-0.25, -0.2) is 0 Å². The largest absolute Gasteiger partial charge is 0.379 e. The van der Waals surface area contributed by atoms with Crippen molar-refractivity contribution in [3.05, 3.63) is 31.3 Å². The first kappa shape index (κ1) is 59.4. The van der Waals surface area contributed by atoms with Crippen LogP contribution in [0.2, 0.25) is 0 Å². The number of nitrogens with two attached hydrogens (primary N) is 1. The quantitative estimate of drug-likeness (QED) is 0.0228. The Balaban J connectivity index is 5.40. The zero-order chi connectivity index (χ0) is 46.9. The normalized spacial score (nSPS) is 11.6. The monoisotopic (exact) mass is 921 g/mol. The average molecular weight is 921 g/mol. The molecule has 4 amide bonds. The number of ether oxygens (including phenoxy) is 10. The first-order chi connectivity index (χ1) is 31.3. The van der Waals surface area contributed by atoms with Gasteiger partial charge in [0.1, 0.15) is 5.54 Å². The molecule has 0 bridgehead atoms. The molecular weight excluding hydrogens is 852 g/mol. The number of nitrogens with one attached hydrogen (secondary N) is 4. The van der Waals surface area contributed by atoms with Crippen molar-refractivity contribution < 1.29 is 66.5 Å². The van der Waals surface area contributed by atoms with E-state index in [1.165, 1.54) is 0 Å². The van der Waals surface area contributed by atoms with E-state index in [1.54, 1.807) is 0 Å². The van der Waals surface area contributed by atoms with E-state index in [0.717, 1.165) is 0 Å². The van der Waals surface area contributed by atoms with Gasteiger partial charge in [0.05, 0.1) is 132 Å². The van der Waals surface area contributed by atoms with Gasteiger partial charge in [0.15, 0.2) is 0 Å². The second kappa shape index (κ2) is 46.4. The summed E-state index contributed by atoms with van der Waals surface area (Å²) in [6.07, 6.45) is -0.136. The minimum atomic E-state index is -1.34. The second-order valence-electron chi connectivity index (χ2n) is 13.0. The summed E-state index contributed by atoms with van der Waals surface area (Å²) in [5.41, 5.74) is 29.0. The third-order valence-electron chi connectivity index (χ3n) is 7.71. The third kappa shape index (κ3) is 41.4. The molecule has 0 aliphatic carbocycles. The topological polar surface area (TPSA) is 381 Å². The Kier molecular flexibility index (Phi) is 43.0. The van der Waals surface area contributed by atoms with Crippen LogP contribution in [0, 0.1) is 0 Å². The summed E-state index contributed by atoms with van der Waals surface area (Å²) in [4.78, 5) is 58.6. The lowest BCUT2D eigenvalue weighted by molar-refractivity contribution is -0.131. The van der Waals surface area contributed by atoms with E-state index in [4.69, 9.17) is 69.7 Å². The molecular formula is C36H68N14O14. The predicted molar refractivity (Wildman–Crippen MR) is 228 cm³/mol. The first-order valence-corrected chi connectivity index (χ1v) is 20.9. The Bertz CT molecular complexity index is 1230. The molecule has 0 aromatic rings. The second-order valence-corrected chi connectivity index (χ2v) is 13.0. The molecule has 0 aliphatic heterocycles. The molecule has 0 fully saturated rings. The summed E-state index contributed by atoms with van der Waals surface area (Å²) in [7, 11) is 0. The SMILES string of the molecule is [N-]=[N+]=NCCOCCNC(=O)CCOCC(COCCC(=O)NCCOCCN=[N+]=[N-])(COCCC(=O)NCCOCCN=[N+]=[N-])NC(=O)CCOCCOCCOCCOCCN. The van der Waals surface area contributed by atoms with E-state index in [0.29, 0.717) is 39.6 Å². The van der Waals surface area contributed by atoms with Crippen LogP contribution in [0.3, 0.4) is 0 Å². The van der Waals surface area contributed by atoms with Crippen molar-refractivity contribution >= 4 is 23.6 Å². The van der Waals surface area contributed by atoms with E-state index in [1.807, 2.05) is 0 Å². The van der Waals surface area contributed by atoms with Gasteiger partial charge in [0.25, 0.3) is 0 Å². The maximum absolute atomic E-state index is 13.4. The lowest BCUT2D eigenvalue weighted by Crippen LogP contribution is -2.59. The molecule has 0 rings (SSSR count). The number of rotatable bonds is 48. The molecule has 366 valence electrons. The van der Waals surface area contributed by atoms with Crippen LogP contribution >= 0.6 is 0 Å². The van der Waals surface area contributed by atoms with Gasteiger partial charge in [-0.1, -0.05) is 15.3 Å². The van der Waals surface area contributed by atoms with Gasteiger partial charge in [0.2, 0.25) is 23.6 Å². The van der Waals surface area contributed by atoms with Crippen molar-refractivity contribution in [2.45, 2.75) is 31.2 Å². The summed E-state index contributed by atoms with van der Waals surface area (Å²) in [6.45, 7) is 4.89. The van der Waals surface area contributed by atoms with Crippen molar-refractivity contribution in [1.29, 1.82) is 0 Å². The number of nitrogens with zero attached hydrogens (tertiary/aromatic N) is 9. The van der Waals surface area contributed by atoms with E-state index >= 15 is 0 Å². The van der Waals surface area contributed by atoms with Crippen LogP contribution in [0.1, 0.15) is 25.7 Å².